The van der Waals surface area contributed by atoms with Gasteiger partial charge in [0.15, 0.2) is 0 Å². The molecule has 0 fully saturated rings. The second-order valence-electron chi connectivity index (χ2n) is 3.72. The lowest BCUT2D eigenvalue weighted by molar-refractivity contribution is -0.141. The molecule has 0 spiro atoms. The standard InChI is InChI=1S/C12H11FINO2/c1-7-12(14)9-5-8(13)3-4-10(9)15(7)6-11(16)17-2/h3-5H,6H2,1-2H3. The van der Waals surface area contributed by atoms with Crippen LogP contribution in [0.4, 0.5) is 4.39 Å². The predicted octanol–water partition coefficient (Wildman–Crippen LogP) is 2.87. The zero-order chi connectivity index (χ0) is 12.6. The van der Waals surface area contributed by atoms with Gasteiger partial charge in [0.25, 0.3) is 0 Å². The van der Waals surface area contributed by atoms with Crippen molar-refractivity contribution in [3.8, 4) is 0 Å². The van der Waals surface area contributed by atoms with Gasteiger partial charge in [-0.2, -0.15) is 0 Å². The first-order chi connectivity index (χ1) is 8.04. The Balaban J connectivity index is 2.62. The molecule has 0 saturated heterocycles. The van der Waals surface area contributed by atoms with Crippen molar-refractivity contribution in [2.24, 2.45) is 0 Å². The fourth-order valence-electron chi connectivity index (χ4n) is 1.81. The second-order valence-corrected chi connectivity index (χ2v) is 4.80. The minimum Gasteiger partial charge on any atom is -0.468 e. The first kappa shape index (κ1) is 12.3. The lowest BCUT2D eigenvalue weighted by Crippen LogP contribution is -2.12. The van der Waals surface area contributed by atoms with Gasteiger partial charge in [-0.05, 0) is 47.7 Å². The third kappa shape index (κ3) is 2.15. The summed E-state index contributed by atoms with van der Waals surface area (Å²) in [6, 6.07) is 4.56. The lowest BCUT2D eigenvalue weighted by atomic mass is 10.2. The van der Waals surface area contributed by atoms with Crippen LogP contribution in [0.25, 0.3) is 10.9 Å². The maximum absolute atomic E-state index is 13.2. The summed E-state index contributed by atoms with van der Waals surface area (Å²) >= 11 is 2.16. The molecular weight excluding hydrogens is 336 g/mol. The van der Waals surface area contributed by atoms with Crippen molar-refractivity contribution in [1.29, 1.82) is 0 Å². The number of fused-ring (bicyclic) bond motifs is 1. The molecule has 0 bridgehead atoms. The van der Waals surface area contributed by atoms with E-state index in [1.54, 1.807) is 6.07 Å². The van der Waals surface area contributed by atoms with Gasteiger partial charge in [-0.15, -0.1) is 0 Å². The average molecular weight is 347 g/mol. The Bertz CT molecular complexity index is 592. The van der Waals surface area contributed by atoms with Gasteiger partial charge in [-0.1, -0.05) is 0 Å². The normalized spacial score (nSPS) is 10.8. The van der Waals surface area contributed by atoms with Gasteiger partial charge in [0.05, 0.1) is 12.6 Å². The fraction of sp³-hybridized carbons (Fsp3) is 0.250. The van der Waals surface area contributed by atoms with Crippen LogP contribution >= 0.6 is 22.6 Å². The summed E-state index contributed by atoms with van der Waals surface area (Å²) in [6.45, 7) is 2.05. The number of aromatic nitrogens is 1. The Kier molecular flexibility index (Phi) is 3.37. The number of halogens is 2. The molecule has 0 unspecified atom stereocenters. The minimum atomic E-state index is -0.314. The van der Waals surface area contributed by atoms with Crippen LogP contribution in [0.1, 0.15) is 5.69 Å². The molecule has 17 heavy (non-hydrogen) atoms. The van der Waals surface area contributed by atoms with Crippen LogP contribution in [0.2, 0.25) is 0 Å². The van der Waals surface area contributed by atoms with E-state index in [2.05, 4.69) is 27.3 Å². The quantitative estimate of drug-likeness (QED) is 0.618. The number of ether oxygens (including phenoxy) is 1. The molecule has 3 nitrogen and oxygen atoms in total. The van der Waals surface area contributed by atoms with Crippen LogP contribution in [0.3, 0.4) is 0 Å². The van der Waals surface area contributed by atoms with E-state index in [9.17, 15) is 9.18 Å². The van der Waals surface area contributed by atoms with E-state index in [0.717, 1.165) is 20.2 Å². The number of hydrogen-bond donors (Lipinski definition) is 0. The van der Waals surface area contributed by atoms with Crippen LogP contribution < -0.4 is 0 Å². The number of carbonyl (C=O) groups excluding carboxylic acids is 1. The predicted molar refractivity (Wildman–Crippen MR) is 71.4 cm³/mol. The monoisotopic (exact) mass is 347 g/mol. The second kappa shape index (κ2) is 4.64. The molecule has 0 amide bonds. The Hall–Kier alpha value is -1.11. The van der Waals surface area contributed by atoms with Crippen LogP contribution in [-0.2, 0) is 16.1 Å². The fourth-order valence-corrected chi connectivity index (χ4v) is 2.53. The average Bonchev–Trinajstić information content (AvgIpc) is 2.54. The number of esters is 1. The molecule has 0 atom stereocenters. The van der Waals surface area contributed by atoms with E-state index in [0.29, 0.717) is 0 Å². The molecule has 0 saturated carbocycles. The summed E-state index contributed by atoms with van der Waals surface area (Å²) < 4.78 is 20.6. The smallest absolute Gasteiger partial charge is 0.325 e. The van der Waals surface area contributed by atoms with Gasteiger partial charge in [0, 0.05) is 14.7 Å². The molecule has 2 rings (SSSR count). The maximum Gasteiger partial charge on any atom is 0.325 e. The largest absolute Gasteiger partial charge is 0.468 e. The highest BCUT2D eigenvalue weighted by Gasteiger charge is 2.14. The third-order valence-electron chi connectivity index (χ3n) is 2.72. The Morgan fingerprint density at radius 2 is 2.24 bits per heavy atom. The van der Waals surface area contributed by atoms with Crippen molar-refractivity contribution in [3.05, 3.63) is 33.3 Å². The summed E-state index contributed by atoms with van der Waals surface area (Å²) in [5.74, 6) is -0.587. The van der Waals surface area contributed by atoms with Gasteiger partial charge >= 0.3 is 5.97 Å². The molecule has 0 aliphatic rings. The van der Waals surface area contributed by atoms with E-state index in [4.69, 9.17) is 0 Å². The summed E-state index contributed by atoms with van der Waals surface area (Å²) in [5.41, 5.74) is 1.79. The van der Waals surface area contributed by atoms with Crippen molar-refractivity contribution in [3.63, 3.8) is 0 Å². The summed E-state index contributed by atoms with van der Waals surface area (Å²) in [6.07, 6.45) is 0. The van der Waals surface area contributed by atoms with Crippen LogP contribution in [0, 0.1) is 16.3 Å². The molecular formula is C12H11FINO2. The Morgan fingerprint density at radius 1 is 1.53 bits per heavy atom. The number of carbonyl (C=O) groups is 1. The summed E-state index contributed by atoms with van der Waals surface area (Å²) in [4.78, 5) is 11.3. The van der Waals surface area contributed by atoms with Gasteiger partial charge < -0.3 is 9.30 Å². The van der Waals surface area contributed by atoms with Gasteiger partial charge in [0.2, 0.25) is 0 Å². The van der Waals surface area contributed by atoms with Crippen molar-refractivity contribution < 1.29 is 13.9 Å². The number of benzene rings is 1. The number of nitrogens with zero attached hydrogens (tertiary/aromatic N) is 1. The van der Waals surface area contributed by atoms with Crippen molar-refractivity contribution in [1.82, 2.24) is 4.57 Å². The zero-order valence-corrected chi connectivity index (χ0v) is 11.6. The van der Waals surface area contributed by atoms with Crippen molar-refractivity contribution >= 4 is 39.5 Å². The van der Waals surface area contributed by atoms with E-state index < -0.39 is 0 Å². The molecule has 90 valence electrons. The van der Waals surface area contributed by atoms with Gasteiger partial charge in [0.1, 0.15) is 12.4 Å². The van der Waals surface area contributed by atoms with Crippen LogP contribution in [-0.4, -0.2) is 17.6 Å². The molecule has 0 aliphatic carbocycles. The maximum atomic E-state index is 13.2. The van der Waals surface area contributed by atoms with Crippen molar-refractivity contribution in [2.45, 2.75) is 13.5 Å². The topological polar surface area (TPSA) is 31.2 Å². The molecule has 0 radical (unpaired) electrons. The van der Waals surface area contributed by atoms with Crippen LogP contribution in [0.15, 0.2) is 18.2 Å². The van der Waals surface area contributed by atoms with Gasteiger partial charge in [-0.25, -0.2) is 4.39 Å². The number of methoxy groups -OCH3 is 1. The Labute approximate surface area is 112 Å². The van der Waals surface area contributed by atoms with E-state index in [1.807, 2.05) is 11.5 Å². The SMILES string of the molecule is COC(=O)Cn1c(C)c(I)c2cc(F)ccc21. The summed E-state index contributed by atoms with van der Waals surface area (Å²) in [7, 11) is 1.36. The molecule has 1 aromatic heterocycles. The van der Waals surface area contributed by atoms with Crippen molar-refractivity contribution in [2.75, 3.05) is 7.11 Å². The summed E-state index contributed by atoms with van der Waals surface area (Å²) in [5, 5.41) is 0.826. The minimum absolute atomic E-state index is 0.146. The highest BCUT2D eigenvalue weighted by Crippen LogP contribution is 2.27. The van der Waals surface area contributed by atoms with E-state index in [1.165, 1.54) is 19.2 Å². The Morgan fingerprint density at radius 3 is 2.88 bits per heavy atom. The number of rotatable bonds is 2. The van der Waals surface area contributed by atoms with E-state index in [-0.39, 0.29) is 18.3 Å². The van der Waals surface area contributed by atoms with Crippen LogP contribution in [0.5, 0.6) is 0 Å². The zero-order valence-electron chi connectivity index (χ0n) is 9.46. The molecule has 1 heterocycles. The lowest BCUT2D eigenvalue weighted by Gasteiger charge is -2.06. The number of hydrogen-bond acceptors (Lipinski definition) is 2. The van der Waals surface area contributed by atoms with E-state index >= 15 is 0 Å². The molecule has 0 N–H and O–H groups in total. The highest BCUT2D eigenvalue weighted by atomic mass is 127. The third-order valence-corrected chi connectivity index (χ3v) is 4.08. The molecule has 5 heteroatoms. The highest BCUT2D eigenvalue weighted by molar-refractivity contribution is 14.1. The first-order valence-corrected chi connectivity index (χ1v) is 6.13. The van der Waals surface area contributed by atoms with Gasteiger partial charge in [-0.3, -0.25) is 4.79 Å². The first-order valence-electron chi connectivity index (χ1n) is 5.05. The molecule has 0 aliphatic heterocycles. The molecule has 2 aromatic rings. The molecule has 1 aromatic carbocycles.